The molecule has 1 saturated heterocycles. The Morgan fingerprint density at radius 1 is 0.531 bits per heavy atom. The van der Waals surface area contributed by atoms with Crippen molar-refractivity contribution in [3.63, 3.8) is 0 Å². The third kappa shape index (κ3) is 4.93. The summed E-state index contributed by atoms with van der Waals surface area (Å²) < 4.78 is 24.7. The Labute approximate surface area is 188 Å². The zero-order chi connectivity index (χ0) is 21.8. The van der Waals surface area contributed by atoms with Crippen molar-refractivity contribution in [2.45, 2.75) is 56.4 Å². The smallest absolute Gasteiger partial charge is 0.116 e. The maximum absolute atomic E-state index is 10.9. The van der Waals surface area contributed by atoms with Gasteiger partial charge in [0.2, 0.25) is 0 Å². The van der Waals surface area contributed by atoms with Crippen LogP contribution in [0.4, 0.5) is 0 Å². The molecule has 2 aliphatic rings. The van der Waals surface area contributed by atoms with Crippen LogP contribution < -0.4 is 0 Å². The van der Waals surface area contributed by atoms with E-state index in [1.165, 1.54) is 0 Å². The molecule has 0 unspecified atom stereocenters. The van der Waals surface area contributed by atoms with Crippen LogP contribution in [0, 0.1) is 0 Å². The number of ether oxygens (including phenoxy) is 4. The van der Waals surface area contributed by atoms with E-state index >= 15 is 0 Å². The zero-order valence-corrected chi connectivity index (χ0v) is 17.8. The fourth-order valence-electron chi connectivity index (χ4n) is 4.30. The summed E-state index contributed by atoms with van der Waals surface area (Å²) in [6.07, 6.45) is -2.57. The summed E-state index contributed by atoms with van der Waals surface area (Å²) in [5, 5.41) is 10.9. The summed E-state index contributed by atoms with van der Waals surface area (Å²) in [6.45, 7) is 1.24. The molecular formula is C27H28O5. The number of hydrogen-bond acceptors (Lipinski definition) is 5. The zero-order valence-electron chi connectivity index (χ0n) is 17.8. The van der Waals surface area contributed by atoms with Gasteiger partial charge in [-0.3, -0.25) is 0 Å². The van der Waals surface area contributed by atoms with Gasteiger partial charge in [-0.25, -0.2) is 0 Å². The van der Waals surface area contributed by atoms with Crippen LogP contribution in [0.3, 0.4) is 0 Å². The van der Waals surface area contributed by atoms with Gasteiger partial charge in [0.15, 0.2) is 0 Å². The van der Waals surface area contributed by atoms with Gasteiger partial charge in [0.25, 0.3) is 0 Å². The van der Waals surface area contributed by atoms with E-state index in [1.807, 2.05) is 91.0 Å². The monoisotopic (exact) mass is 432 g/mol. The third-order valence-corrected chi connectivity index (χ3v) is 6.06. The summed E-state index contributed by atoms with van der Waals surface area (Å²) in [7, 11) is 0. The standard InChI is InChI=1S/C27H28O5/c28-22-23(29-16-19-10-4-1-5-11-19)25(30-17-20-12-6-2-7-13-20)26(27-24(22)32-27)31-18-21-14-8-3-9-15-21/h1-15,22-28H,16-18H2/t22-,23-,24-,25+,26-,27-/m1/s1. The highest BCUT2D eigenvalue weighted by atomic mass is 16.7. The molecule has 3 aromatic rings. The lowest BCUT2D eigenvalue weighted by atomic mass is 9.89. The van der Waals surface area contributed by atoms with Gasteiger partial charge in [-0.2, -0.15) is 0 Å². The van der Waals surface area contributed by atoms with Crippen LogP contribution in [0.15, 0.2) is 91.0 Å². The van der Waals surface area contributed by atoms with Crippen LogP contribution in [0.5, 0.6) is 0 Å². The molecule has 166 valence electrons. The highest BCUT2D eigenvalue weighted by Gasteiger charge is 2.62. The summed E-state index contributed by atoms with van der Waals surface area (Å²) in [5.74, 6) is 0. The van der Waals surface area contributed by atoms with Crippen molar-refractivity contribution in [1.82, 2.24) is 0 Å². The number of fused-ring (bicyclic) bond motifs is 1. The number of hydrogen-bond donors (Lipinski definition) is 1. The minimum atomic E-state index is -0.763. The molecule has 1 N–H and O–H groups in total. The number of aliphatic hydroxyl groups is 1. The second-order valence-corrected chi connectivity index (χ2v) is 8.34. The molecule has 0 amide bonds. The highest BCUT2D eigenvalue weighted by molar-refractivity contribution is 5.17. The molecule has 5 nitrogen and oxygen atoms in total. The van der Waals surface area contributed by atoms with Crippen LogP contribution in [0.1, 0.15) is 16.7 Å². The molecule has 0 spiro atoms. The first kappa shape index (κ1) is 21.3. The molecule has 5 heteroatoms. The Bertz CT molecular complexity index is 965. The van der Waals surface area contributed by atoms with E-state index in [2.05, 4.69) is 0 Å². The maximum Gasteiger partial charge on any atom is 0.116 e. The van der Waals surface area contributed by atoms with Gasteiger partial charge in [-0.1, -0.05) is 91.0 Å². The van der Waals surface area contributed by atoms with Gasteiger partial charge >= 0.3 is 0 Å². The molecule has 1 aliphatic heterocycles. The largest absolute Gasteiger partial charge is 0.387 e. The molecule has 0 bridgehead atoms. The topological polar surface area (TPSA) is 60.5 Å². The Kier molecular flexibility index (Phi) is 6.62. The minimum absolute atomic E-state index is 0.189. The summed E-state index contributed by atoms with van der Waals surface area (Å²) >= 11 is 0. The van der Waals surface area contributed by atoms with Gasteiger partial charge in [0.05, 0.1) is 19.8 Å². The van der Waals surface area contributed by atoms with Gasteiger partial charge < -0.3 is 24.1 Å². The predicted molar refractivity (Wildman–Crippen MR) is 120 cm³/mol. The third-order valence-electron chi connectivity index (χ3n) is 6.06. The first-order valence-corrected chi connectivity index (χ1v) is 11.1. The van der Waals surface area contributed by atoms with Gasteiger partial charge in [0.1, 0.15) is 36.6 Å². The lowest BCUT2D eigenvalue weighted by molar-refractivity contribution is -0.192. The number of benzene rings is 3. The molecule has 6 atom stereocenters. The molecule has 1 heterocycles. The van der Waals surface area contributed by atoms with Crippen LogP contribution in [0.25, 0.3) is 0 Å². The van der Waals surface area contributed by atoms with E-state index in [1.54, 1.807) is 0 Å². The van der Waals surface area contributed by atoms with E-state index in [0.717, 1.165) is 16.7 Å². The quantitative estimate of drug-likeness (QED) is 0.520. The van der Waals surface area contributed by atoms with Crippen molar-refractivity contribution < 1.29 is 24.1 Å². The van der Waals surface area contributed by atoms with Crippen molar-refractivity contribution in [1.29, 1.82) is 0 Å². The molecular weight excluding hydrogens is 404 g/mol. The second kappa shape index (κ2) is 9.94. The molecule has 5 rings (SSSR count). The normalized spacial score (nSPS) is 28.8. The minimum Gasteiger partial charge on any atom is -0.387 e. The predicted octanol–water partition coefficient (Wildman–Crippen LogP) is 3.88. The first-order valence-electron chi connectivity index (χ1n) is 11.1. The van der Waals surface area contributed by atoms with Gasteiger partial charge in [0, 0.05) is 0 Å². The molecule has 3 aromatic carbocycles. The SMILES string of the molecule is O[C@@H]1[C@@H](OCc2ccccc2)[C@H](OCc2ccccc2)[C@@H](OCc2ccccc2)[C@@H]2O[C@H]12. The van der Waals surface area contributed by atoms with E-state index in [0.29, 0.717) is 19.8 Å². The Hall–Kier alpha value is -2.54. The summed E-state index contributed by atoms with van der Waals surface area (Å²) in [6, 6.07) is 30.0. The molecule has 32 heavy (non-hydrogen) atoms. The highest BCUT2D eigenvalue weighted by Crippen LogP contribution is 2.42. The van der Waals surface area contributed by atoms with Crippen LogP contribution >= 0.6 is 0 Å². The number of aliphatic hydroxyl groups excluding tert-OH is 1. The summed E-state index contributed by atoms with van der Waals surface area (Å²) in [5.41, 5.74) is 3.19. The maximum atomic E-state index is 10.9. The second-order valence-electron chi connectivity index (χ2n) is 8.34. The average Bonchev–Trinajstić information content (AvgIpc) is 3.65. The number of epoxide rings is 1. The molecule has 1 aliphatic carbocycles. The van der Waals surface area contributed by atoms with E-state index in [4.69, 9.17) is 18.9 Å². The van der Waals surface area contributed by atoms with E-state index in [-0.39, 0.29) is 18.3 Å². The van der Waals surface area contributed by atoms with Crippen molar-refractivity contribution in [3.05, 3.63) is 108 Å². The van der Waals surface area contributed by atoms with Gasteiger partial charge in [-0.05, 0) is 16.7 Å². The van der Waals surface area contributed by atoms with Crippen molar-refractivity contribution in [2.24, 2.45) is 0 Å². The van der Waals surface area contributed by atoms with Crippen molar-refractivity contribution in [3.8, 4) is 0 Å². The van der Waals surface area contributed by atoms with Crippen LogP contribution in [-0.4, -0.2) is 41.7 Å². The van der Waals surface area contributed by atoms with E-state index < -0.39 is 18.3 Å². The van der Waals surface area contributed by atoms with Crippen LogP contribution in [0.2, 0.25) is 0 Å². The molecule has 0 radical (unpaired) electrons. The molecule has 2 fully saturated rings. The fraction of sp³-hybridized carbons (Fsp3) is 0.333. The van der Waals surface area contributed by atoms with Crippen LogP contribution in [-0.2, 0) is 38.8 Å². The van der Waals surface area contributed by atoms with Gasteiger partial charge in [-0.15, -0.1) is 0 Å². The fourth-order valence-corrected chi connectivity index (χ4v) is 4.30. The summed E-state index contributed by atoms with van der Waals surface area (Å²) in [4.78, 5) is 0. The lowest BCUT2D eigenvalue weighted by Gasteiger charge is -2.38. The van der Waals surface area contributed by atoms with E-state index in [9.17, 15) is 5.11 Å². The van der Waals surface area contributed by atoms with Crippen molar-refractivity contribution >= 4 is 0 Å². The molecule has 1 saturated carbocycles. The molecule has 0 aromatic heterocycles. The Balaban J connectivity index is 1.33. The first-order chi connectivity index (χ1) is 15.8. The lowest BCUT2D eigenvalue weighted by Crippen LogP contribution is -2.56. The van der Waals surface area contributed by atoms with Crippen molar-refractivity contribution in [2.75, 3.05) is 0 Å². The Morgan fingerprint density at radius 3 is 1.41 bits per heavy atom. The number of rotatable bonds is 9. The Morgan fingerprint density at radius 2 is 0.938 bits per heavy atom. The average molecular weight is 433 g/mol.